The fraction of sp³-hybridized carbons (Fsp3) is 0.500. The van der Waals surface area contributed by atoms with Crippen molar-refractivity contribution in [1.29, 1.82) is 0 Å². The predicted molar refractivity (Wildman–Crippen MR) is 76.9 cm³/mol. The highest BCUT2D eigenvalue weighted by Crippen LogP contribution is 2.22. The van der Waals surface area contributed by atoms with Crippen LogP contribution in [-0.4, -0.2) is 49.7 Å². The Hall–Kier alpha value is -1.40. The van der Waals surface area contributed by atoms with Crippen LogP contribution in [0.1, 0.15) is 18.1 Å². The highest BCUT2D eigenvalue weighted by Gasteiger charge is 2.30. The van der Waals surface area contributed by atoms with Gasteiger partial charge in [0.1, 0.15) is 0 Å². The smallest absolute Gasteiger partial charge is 0.243 e. The molecule has 2 rings (SSSR count). The Morgan fingerprint density at radius 1 is 1.10 bits per heavy atom. The van der Waals surface area contributed by atoms with Gasteiger partial charge in [-0.3, -0.25) is 4.79 Å². The Morgan fingerprint density at radius 3 is 2.25 bits per heavy atom. The first-order valence-corrected chi connectivity index (χ1v) is 8.09. The summed E-state index contributed by atoms with van der Waals surface area (Å²) in [5, 5.41) is 0. The molecule has 1 heterocycles. The van der Waals surface area contributed by atoms with Gasteiger partial charge >= 0.3 is 0 Å². The van der Waals surface area contributed by atoms with Crippen LogP contribution in [0.4, 0.5) is 0 Å². The van der Waals surface area contributed by atoms with Crippen molar-refractivity contribution in [2.75, 3.05) is 26.2 Å². The maximum absolute atomic E-state index is 12.7. The lowest BCUT2D eigenvalue weighted by Crippen LogP contribution is -2.50. The molecule has 0 bridgehead atoms. The van der Waals surface area contributed by atoms with Gasteiger partial charge in [0, 0.05) is 33.1 Å². The normalized spacial score (nSPS) is 17.2. The van der Waals surface area contributed by atoms with Crippen LogP contribution in [0.5, 0.6) is 0 Å². The number of sulfonamides is 1. The van der Waals surface area contributed by atoms with E-state index in [9.17, 15) is 13.2 Å². The van der Waals surface area contributed by atoms with Gasteiger partial charge in [-0.2, -0.15) is 4.31 Å². The van der Waals surface area contributed by atoms with Gasteiger partial charge in [0.05, 0.1) is 4.90 Å². The first kappa shape index (κ1) is 15.0. The maximum Gasteiger partial charge on any atom is 0.243 e. The van der Waals surface area contributed by atoms with E-state index >= 15 is 0 Å². The van der Waals surface area contributed by atoms with E-state index in [-0.39, 0.29) is 5.91 Å². The van der Waals surface area contributed by atoms with Crippen LogP contribution in [0.2, 0.25) is 0 Å². The Kier molecular flexibility index (Phi) is 4.15. The van der Waals surface area contributed by atoms with Crippen molar-refractivity contribution in [2.45, 2.75) is 25.7 Å². The molecule has 20 heavy (non-hydrogen) atoms. The predicted octanol–water partition coefficient (Wildman–Crippen LogP) is 1.16. The third kappa shape index (κ3) is 2.86. The van der Waals surface area contributed by atoms with Crippen LogP contribution in [-0.2, 0) is 14.8 Å². The van der Waals surface area contributed by atoms with Crippen LogP contribution >= 0.6 is 0 Å². The largest absolute Gasteiger partial charge is 0.340 e. The van der Waals surface area contributed by atoms with Crippen LogP contribution in [0.15, 0.2) is 23.1 Å². The second kappa shape index (κ2) is 5.54. The minimum Gasteiger partial charge on any atom is -0.340 e. The first-order valence-electron chi connectivity index (χ1n) is 6.65. The number of hydrogen-bond donors (Lipinski definition) is 0. The molecular weight excluding hydrogens is 276 g/mol. The summed E-state index contributed by atoms with van der Waals surface area (Å²) in [6.45, 7) is 6.82. The van der Waals surface area contributed by atoms with E-state index in [1.54, 1.807) is 17.9 Å². The molecule has 1 saturated heterocycles. The van der Waals surface area contributed by atoms with Crippen molar-refractivity contribution in [3.05, 3.63) is 29.3 Å². The lowest BCUT2D eigenvalue weighted by molar-refractivity contribution is -0.129. The molecule has 0 atom stereocenters. The van der Waals surface area contributed by atoms with Crippen molar-refractivity contribution < 1.29 is 13.2 Å². The van der Waals surface area contributed by atoms with Crippen molar-refractivity contribution in [1.82, 2.24) is 9.21 Å². The van der Waals surface area contributed by atoms with Gasteiger partial charge in [0.2, 0.25) is 15.9 Å². The van der Waals surface area contributed by atoms with E-state index in [1.807, 2.05) is 19.1 Å². The zero-order chi connectivity index (χ0) is 14.9. The molecule has 0 aliphatic carbocycles. The highest BCUT2D eigenvalue weighted by atomic mass is 32.2. The second-order valence-corrected chi connectivity index (χ2v) is 7.09. The standard InChI is InChI=1S/C14H20N2O3S/c1-11-4-5-12(2)14(10-11)20(18,19)16-8-6-15(7-9-16)13(3)17/h4-5,10H,6-9H2,1-3H3. The molecule has 110 valence electrons. The van der Waals surface area contributed by atoms with Gasteiger partial charge < -0.3 is 4.90 Å². The summed E-state index contributed by atoms with van der Waals surface area (Å²) in [6, 6.07) is 5.44. The minimum absolute atomic E-state index is 0.00576. The molecule has 0 N–H and O–H groups in total. The number of benzene rings is 1. The quantitative estimate of drug-likeness (QED) is 0.823. The number of carbonyl (C=O) groups is 1. The number of hydrogen-bond acceptors (Lipinski definition) is 3. The molecule has 6 heteroatoms. The lowest BCUT2D eigenvalue weighted by atomic mass is 10.2. The molecule has 1 aromatic carbocycles. The summed E-state index contributed by atoms with van der Waals surface area (Å²) in [5.41, 5.74) is 1.68. The molecule has 0 saturated carbocycles. The first-order chi connectivity index (χ1) is 9.32. The van der Waals surface area contributed by atoms with Gasteiger partial charge in [-0.1, -0.05) is 12.1 Å². The van der Waals surface area contributed by atoms with Crippen LogP contribution in [0, 0.1) is 13.8 Å². The zero-order valence-corrected chi connectivity index (χ0v) is 12.9. The molecule has 0 radical (unpaired) electrons. The van der Waals surface area contributed by atoms with E-state index in [0.29, 0.717) is 31.1 Å². The highest BCUT2D eigenvalue weighted by molar-refractivity contribution is 7.89. The molecule has 1 aliphatic heterocycles. The number of piperazine rings is 1. The number of aryl methyl sites for hydroxylation is 2. The Balaban J connectivity index is 2.24. The number of nitrogens with zero attached hydrogens (tertiary/aromatic N) is 2. The zero-order valence-electron chi connectivity index (χ0n) is 12.1. The summed E-state index contributed by atoms with van der Waals surface area (Å²) in [7, 11) is -3.47. The summed E-state index contributed by atoms with van der Waals surface area (Å²) in [6.07, 6.45) is 0. The van der Waals surface area contributed by atoms with Crippen LogP contribution < -0.4 is 0 Å². The van der Waals surface area contributed by atoms with E-state index in [2.05, 4.69) is 0 Å². The van der Waals surface area contributed by atoms with Gasteiger partial charge in [-0.05, 0) is 31.0 Å². The van der Waals surface area contributed by atoms with E-state index in [4.69, 9.17) is 0 Å². The second-order valence-electron chi connectivity index (χ2n) is 5.18. The Labute approximate surface area is 120 Å². The molecular formula is C14H20N2O3S. The SMILES string of the molecule is CC(=O)N1CCN(S(=O)(=O)c2cc(C)ccc2C)CC1. The number of rotatable bonds is 2. The monoisotopic (exact) mass is 296 g/mol. The third-order valence-corrected chi connectivity index (χ3v) is 5.69. The fourth-order valence-electron chi connectivity index (χ4n) is 2.37. The molecule has 1 aliphatic rings. The molecule has 1 fully saturated rings. The molecule has 0 aromatic heterocycles. The Bertz CT molecular complexity index is 617. The molecule has 1 aromatic rings. The van der Waals surface area contributed by atoms with Crippen LogP contribution in [0.3, 0.4) is 0 Å². The minimum atomic E-state index is -3.47. The summed E-state index contributed by atoms with van der Waals surface area (Å²) in [4.78, 5) is 13.3. The molecule has 0 spiro atoms. The number of carbonyl (C=O) groups excluding carboxylic acids is 1. The topological polar surface area (TPSA) is 57.7 Å². The van der Waals surface area contributed by atoms with Gasteiger partial charge in [0.25, 0.3) is 0 Å². The Morgan fingerprint density at radius 2 is 1.70 bits per heavy atom. The third-order valence-electron chi connectivity index (χ3n) is 3.65. The van der Waals surface area contributed by atoms with Gasteiger partial charge in [-0.15, -0.1) is 0 Å². The number of amides is 1. The summed E-state index contributed by atoms with van der Waals surface area (Å²) >= 11 is 0. The molecule has 0 unspecified atom stereocenters. The summed E-state index contributed by atoms with van der Waals surface area (Å²) < 4.78 is 26.8. The van der Waals surface area contributed by atoms with Crippen molar-refractivity contribution in [3.63, 3.8) is 0 Å². The van der Waals surface area contributed by atoms with Crippen LogP contribution in [0.25, 0.3) is 0 Å². The molecule has 5 nitrogen and oxygen atoms in total. The average molecular weight is 296 g/mol. The van der Waals surface area contributed by atoms with Crippen molar-refractivity contribution >= 4 is 15.9 Å². The summed E-state index contributed by atoms with van der Waals surface area (Å²) in [5.74, 6) is -0.00576. The van der Waals surface area contributed by atoms with Crippen molar-refractivity contribution in [2.24, 2.45) is 0 Å². The lowest BCUT2D eigenvalue weighted by Gasteiger charge is -2.33. The van der Waals surface area contributed by atoms with E-state index < -0.39 is 10.0 Å². The van der Waals surface area contributed by atoms with Gasteiger partial charge in [-0.25, -0.2) is 8.42 Å². The van der Waals surface area contributed by atoms with Gasteiger partial charge in [0.15, 0.2) is 0 Å². The maximum atomic E-state index is 12.7. The fourth-order valence-corrected chi connectivity index (χ4v) is 4.10. The molecule has 1 amide bonds. The average Bonchev–Trinajstić information content (AvgIpc) is 2.41. The van der Waals surface area contributed by atoms with E-state index in [0.717, 1.165) is 11.1 Å². The van der Waals surface area contributed by atoms with Crippen molar-refractivity contribution in [3.8, 4) is 0 Å². The van der Waals surface area contributed by atoms with E-state index in [1.165, 1.54) is 11.2 Å².